The largest absolute Gasteiger partial charge is 0.493 e. The summed E-state index contributed by atoms with van der Waals surface area (Å²) >= 11 is 3.46. The second-order valence-electron chi connectivity index (χ2n) is 4.87. The zero-order chi connectivity index (χ0) is 17.5. The van der Waals surface area contributed by atoms with Gasteiger partial charge in [-0.15, -0.1) is 0 Å². The molecule has 0 amide bonds. The van der Waals surface area contributed by atoms with Gasteiger partial charge in [-0.1, -0.05) is 12.1 Å². The lowest BCUT2D eigenvalue weighted by Crippen LogP contribution is -1.98. The molecule has 2 rings (SSSR count). The molecule has 0 saturated heterocycles. The van der Waals surface area contributed by atoms with E-state index in [0.717, 1.165) is 4.47 Å². The first-order chi connectivity index (χ1) is 11.6. The molecular weight excluding hydrogens is 373 g/mol. The van der Waals surface area contributed by atoms with Crippen molar-refractivity contribution < 1.29 is 13.9 Å². The summed E-state index contributed by atoms with van der Waals surface area (Å²) in [5.74, 6) is 0.891. The standard InChI is InChI=1S/C19H17BrFNO2/c1-3-23-18-11-19(24-4-2)17(20)10-14(18)8-15(12-22)13-6-5-7-16(21)9-13/h5-11H,3-4H2,1-2H3/b15-8-. The Balaban J connectivity index is 2.53. The van der Waals surface area contributed by atoms with E-state index < -0.39 is 0 Å². The maximum Gasteiger partial charge on any atom is 0.137 e. The second kappa shape index (κ2) is 8.51. The number of nitriles is 1. The van der Waals surface area contributed by atoms with Gasteiger partial charge in [0.1, 0.15) is 17.3 Å². The Morgan fingerprint density at radius 1 is 1.17 bits per heavy atom. The number of hydrogen-bond acceptors (Lipinski definition) is 3. The van der Waals surface area contributed by atoms with Gasteiger partial charge in [-0.3, -0.25) is 0 Å². The van der Waals surface area contributed by atoms with Gasteiger partial charge in [0.2, 0.25) is 0 Å². The van der Waals surface area contributed by atoms with Crippen molar-refractivity contribution in [1.82, 2.24) is 0 Å². The van der Waals surface area contributed by atoms with Crippen molar-refractivity contribution in [3.8, 4) is 17.6 Å². The minimum atomic E-state index is -0.383. The SMILES string of the molecule is CCOc1cc(OCC)c(/C=C(/C#N)c2cccc(F)c2)cc1Br. The molecule has 124 valence electrons. The summed E-state index contributed by atoms with van der Waals surface area (Å²) in [5.41, 5.74) is 1.59. The van der Waals surface area contributed by atoms with Gasteiger partial charge >= 0.3 is 0 Å². The van der Waals surface area contributed by atoms with Gasteiger partial charge in [-0.25, -0.2) is 4.39 Å². The fourth-order valence-electron chi connectivity index (χ4n) is 2.20. The van der Waals surface area contributed by atoms with Gasteiger partial charge in [0, 0.05) is 11.6 Å². The molecule has 2 aromatic rings. The molecule has 0 aliphatic heterocycles. The minimum Gasteiger partial charge on any atom is -0.493 e. The quantitative estimate of drug-likeness (QED) is 0.487. The fraction of sp³-hybridized carbons (Fsp3) is 0.211. The number of halogens is 2. The van der Waals surface area contributed by atoms with Gasteiger partial charge in [0.25, 0.3) is 0 Å². The van der Waals surface area contributed by atoms with E-state index in [0.29, 0.717) is 41.4 Å². The number of hydrogen-bond donors (Lipinski definition) is 0. The zero-order valence-electron chi connectivity index (χ0n) is 13.5. The molecule has 0 heterocycles. The number of rotatable bonds is 6. The van der Waals surface area contributed by atoms with Crippen LogP contribution in [0.3, 0.4) is 0 Å². The lowest BCUT2D eigenvalue weighted by atomic mass is 10.0. The molecule has 0 aliphatic rings. The average Bonchev–Trinajstić information content (AvgIpc) is 2.56. The van der Waals surface area contributed by atoms with E-state index in [-0.39, 0.29) is 5.82 Å². The summed E-state index contributed by atoms with van der Waals surface area (Å²) in [7, 11) is 0. The molecule has 0 unspecified atom stereocenters. The number of nitrogens with zero attached hydrogens (tertiary/aromatic N) is 1. The zero-order valence-corrected chi connectivity index (χ0v) is 15.1. The topological polar surface area (TPSA) is 42.2 Å². The van der Waals surface area contributed by atoms with Gasteiger partial charge in [-0.05, 0) is 59.6 Å². The first-order valence-corrected chi connectivity index (χ1v) is 8.35. The third-order valence-corrected chi connectivity index (χ3v) is 3.84. The summed E-state index contributed by atoms with van der Waals surface area (Å²) in [6.45, 7) is 4.80. The lowest BCUT2D eigenvalue weighted by molar-refractivity contribution is 0.321. The van der Waals surface area contributed by atoms with Crippen LogP contribution >= 0.6 is 15.9 Å². The number of benzene rings is 2. The van der Waals surface area contributed by atoms with Crippen molar-refractivity contribution in [1.29, 1.82) is 5.26 Å². The van der Waals surface area contributed by atoms with Crippen LogP contribution in [0.2, 0.25) is 0 Å². The Morgan fingerprint density at radius 3 is 2.50 bits per heavy atom. The average molecular weight is 390 g/mol. The van der Waals surface area contributed by atoms with Gasteiger partial charge in [0.05, 0.1) is 29.3 Å². The third-order valence-electron chi connectivity index (χ3n) is 3.22. The van der Waals surface area contributed by atoms with E-state index in [1.807, 2.05) is 19.9 Å². The van der Waals surface area contributed by atoms with Gasteiger partial charge < -0.3 is 9.47 Å². The first-order valence-electron chi connectivity index (χ1n) is 7.55. The molecule has 3 nitrogen and oxygen atoms in total. The minimum absolute atomic E-state index is 0.353. The van der Waals surface area contributed by atoms with E-state index in [9.17, 15) is 9.65 Å². The fourth-order valence-corrected chi connectivity index (χ4v) is 2.68. The second-order valence-corrected chi connectivity index (χ2v) is 5.72. The molecule has 0 bridgehead atoms. The van der Waals surface area contributed by atoms with Crippen LogP contribution in [0.15, 0.2) is 40.9 Å². The summed E-state index contributed by atoms with van der Waals surface area (Å²) in [6, 6.07) is 11.7. The van der Waals surface area contributed by atoms with Crippen molar-refractivity contribution in [2.24, 2.45) is 0 Å². The summed E-state index contributed by atoms with van der Waals surface area (Å²) in [5, 5.41) is 9.44. The Kier molecular flexibility index (Phi) is 6.39. The number of ether oxygens (including phenoxy) is 2. The predicted molar refractivity (Wildman–Crippen MR) is 96.4 cm³/mol. The van der Waals surface area contributed by atoms with Gasteiger partial charge in [0.15, 0.2) is 0 Å². The molecule has 0 N–H and O–H groups in total. The lowest BCUT2D eigenvalue weighted by Gasteiger charge is -2.13. The third kappa shape index (κ3) is 4.36. The first kappa shape index (κ1) is 18.0. The molecule has 0 atom stereocenters. The molecule has 0 fully saturated rings. The molecule has 2 aromatic carbocycles. The van der Waals surface area contributed by atoms with E-state index >= 15 is 0 Å². The van der Waals surface area contributed by atoms with Crippen LogP contribution in [-0.4, -0.2) is 13.2 Å². The number of allylic oxidation sites excluding steroid dienone is 1. The highest BCUT2D eigenvalue weighted by atomic mass is 79.9. The van der Waals surface area contributed by atoms with E-state index in [1.54, 1.807) is 24.3 Å². The maximum atomic E-state index is 13.4. The Morgan fingerprint density at radius 2 is 1.88 bits per heavy atom. The molecule has 0 aliphatic carbocycles. The monoisotopic (exact) mass is 389 g/mol. The maximum absolute atomic E-state index is 13.4. The highest BCUT2D eigenvalue weighted by Gasteiger charge is 2.11. The van der Waals surface area contributed by atoms with Crippen LogP contribution in [0.25, 0.3) is 11.6 Å². The van der Waals surface area contributed by atoms with Crippen molar-refractivity contribution in [2.75, 3.05) is 13.2 Å². The molecule has 0 saturated carbocycles. The van der Waals surface area contributed by atoms with Crippen LogP contribution in [0.5, 0.6) is 11.5 Å². The highest BCUT2D eigenvalue weighted by Crippen LogP contribution is 2.35. The smallest absolute Gasteiger partial charge is 0.137 e. The molecule has 5 heteroatoms. The normalized spacial score (nSPS) is 11.0. The molecule has 0 aromatic heterocycles. The summed E-state index contributed by atoms with van der Waals surface area (Å²) < 4.78 is 25.4. The van der Waals surface area contributed by atoms with Crippen LogP contribution in [-0.2, 0) is 0 Å². The van der Waals surface area contributed by atoms with Crippen LogP contribution < -0.4 is 9.47 Å². The van der Waals surface area contributed by atoms with E-state index in [2.05, 4.69) is 22.0 Å². The Hall–Kier alpha value is -2.32. The summed E-state index contributed by atoms with van der Waals surface area (Å²) in [4.78, 5) is 0. The predicted octanol–water partition coefficient (Wildman–Crippen LogP) is 5.45. The van der Waals surface area contributed by atoms with E-state index in [4.69, 9.17) is 9.47 Å². The van der Waals surface area contributed by atoms with Crippen molar-refractivity contribution in [2.45, 2.75) is 13.8 Å². The molecule has 0 spiro atoms. The van der Waals surface area contributed by atoms with Gasteiger partial charge in [-0.2, -0.15) is 5.26 Å². The van der Waals surface area contributed by atoms with Crippen molar-refractivity contribution in [3.05, 3.63) is 57.8 Å². The summed E-state index contributed by atoms with van der Waals surface area (Å²) in [6.07, 6.45) is 1.68. The van der Waals surface area contributed by atoms with Crippen molar-refractivity contribution >= 4 is 27.6 Å². The highest BCUT2D eigenvalue weighted by molar-refractivity contribution is 9.10. The Bertz CT molecular complexity index is 796. The Labute approximate surface area is 149 Å². The van der Waals surface area contributed by atoms with E-state index in [1.165, 1.54) is 12.1 Å². The molecule has 0 radical (unpaired) electrons. The molecule has 24 heavy (non-hydrogen) atoms. The van der Waals surface area contributed by atoms with Crippen molar-refractivity contribution in [3.63, 3.8) is 0 Å². The van der Waals surface area contributed by atoms with Crippen LogP contribution in [0, 0.1) is 17.1 Å². The van der Waals surface area contributed by atoms with Crippen LogP contribution in [0.1, 0.15) is 25.0 Å². The van der Waals surface area contributed by atoms with Crippen LogP contribution in [0.4, 0.5) is 4.39 Å². The molecular formula is C19H17BrFNO2.